The molecule has 5 heteroatoms. The number of hydrogen-bond acceptors (Lipinski definition) is 3. The fourth-order valence-electron chi connectivity index (χ4n) is 1.51. The van der Waals surface area contributed by atoms with Crippen LogP contribution in [0.3, 0.4) is 0 Å². The molecule has 0 rings (SSSR count). The van der Waals surface area contributed by atoms with Crippen LogP contribution < -0.4 is 0 Å². The van der Waals surface area contributed by atoms with Crippen molar-refractivity contribution in [2.24, 2.45) is 0 Å². The van der Waals surface area contributed by atoms with Gasteiger partial charge in [0.25, 0.3) is 8.53 Å². The molecular formula is C13H25N2O2P. The first-order valence-electron chi connectivity index (χ1n) is 6.33. The van der Waals surface area contributed by atoms with E-state index in [2.05, 4.69) is 37.2 Å². The van der Waals surface area contributed by atoms with Crippen molar-refractivity contribution in [1.29, 1.82) is 0 Å². The molecule has 0 fully saturated rings. The summed E-state index contributed by atoms with van der Waals surface area (Å²) in [6, 6.07) is 0.712. The molecule has 0 aromatic carbocycles. The normalized spacial score (nSPS) is 13.7. The zero-order valence-electron chi connectivity index (χ0n) is 12.1. The average Bonchev–Trinajstić information content (AvgIpc) is 2.28. The monoisotopic (exact) mass is 272 g/mol. The lowest BCUT2D eigenvalue weighted by Crippen LogP contribution is -2.33. The Kier molecular flexibility index (Phi) is 10.2. The summed E-state index contributed by atoms with van der Waals surface area (Å²) >= 11 is 0. The van der Waals surface area contributed by atoms with Gasteiger partial charge in [-0.05, 0) is 34.6 Å². The van der Waals surface area contributed by atoms with E-state index in [9.17, 15) is 0 Å². The summed E-state index contributed by atoms with van der Waals surface area (Å²) in [5.41, 5.74) is 0. The zero-order chi connectivity index (χ0) is 14.0. The van der Waals surface area contributed by atoms with Crippen LogP contribution in [0.4, 0.5) is 0 Å². The standard InChI is InChI=1S/C13H25N2O2P/c1-7-8-10-16-18(17-11-9-14-6)15(12(2)3)13(4)5/h7-8,12-13H,9-11H2,1-5H3. The molecular weight excluding hydrogens is 247 g/mol. The molecule has 1 atom stereocenters. The van der Waals surface area contributed by atoms with Crippen LogP contribution in [-0.2, 0) is 9.05 Å². The van der Waals surface area contributed by atoms with Gasteiger partial charge in [-0.2, -0.15) is 0 Å². The Morgan fingerprint density at radius 2 is 1.83 bits per heavy atom. The van der Waals surface area contributed by atoms with Crippen LogP contribution >= 0.6 is 8.53 Å². The van der Waals surface area contributed by atoms with E-state index in [0.717, 1.165) is 0 Å². The van der Waals surface area contributed by atoms with Gasteiger partial charge in [-0.3, -0.25) is 0 Å². The Bertz CT molecular complexity index is 267. The van der Waals surface area contributed by atoms with Crippen LogP contribution in [-0.4, -0.2) is 36.5 Å². The Morgan fingerprint density at radius 1 is 1.22 bits per heavy atom. The molecule has 4 nitrogen and oxygen atoms in total. The highest BCUT2D eigenvalue weighted by Gasteiger charge is 2.26. The Labute approximate surface area is 113 Å². The van der Waals surface area contributed by atoms with Crippen LogP contribution in [0, 0.1) is 6.57 Å². The minimum Gasteiger partial charge on any atom is -0.318 e. The highest BCUT2D eigenvalue weighted by Crippen LogP contribution is 2.45. The van der Waals surface area contributed by atoms with Gasteiger partial charge in [0.1, 0.15) is 6.61 Å². The van der Waals surface area contributed by atoms with Crippen LogP contribution in [0.1, 0.15) is 34.6 Å². The molecule has 104 valence electrons. The summed E-state index contributed by atoms with van der Waals surface area (Å²) in [5.74, 6) is 0. The van der Waals surface area contributed by atoms with Gasteiger partial charge in [0, 0.05) is 12.1 Å². The molecule has 0 bridgehead atoms. The van der Waals surface area contributed by atoms with Crippen molar-refractivity contribution < 1.29 is 9.05 Å². The molecule has 0 N–H and O–H groups in total. The second-order valence-electron chi connectivity index (χ2n) is 4.39. The molecule has 0 saturated heterocycles. The molecule has 18 heavy (non-hydrogen) atoms. The van der Waals surface area contributed by atoms with E-state index in [1.807, 2.05) is 19.1 Å². The lowest BCUT2D eigenvalue weighted by Gasteiger charge is -2.35. The maximum atomic E-state index is 6.78. The van der Waals surface area contributed by atoms with E-state index < -0.39 is 8.53 Å². The van der Waals surface area contributed by atoms with Gasteiger partial charge in [-0.25, -0.2) is 11.2 Å². The van der Waals surface area contributed by atoms with E-state index in [-0.39, 0.29) is 0 Å². The van der Waals surface area contributed by atoms with Crippen molar-refractivity contribution in [2.45, 2.75) is 46.7 Å². The molecule has 0 aromatic heterocycles. The van der Waals surface area contributed by atoms with Crippen LogP contribution in [0.2, 0.25) is 0 Å². The largest absolute Gasteiger partial charge is 0.318 e. The average molecular weight is 272 g/mol. The SMILES string of the molecule is [C-]#[N+]CCOP(OCC=CC)N(C(C)C)C(C)C. The summed E-state index contributed by atoms with van der Waals surface area (Å²) in [5, 5.41) is 0. The predicted octanol–water partition coefficient (Wildman–Crippen LogP) is 3.86. The third-order valence-corrected chi connectivity index (χ3v) is 4.24. The first-order valence-corrected chi connectivity index (χ1v) is 7.46. The van der Waals surface area contributed by atoms with Gasteiger partial charge in [0.15, 0.2) is 0 Å². The highest BCUT2D eigenvalue weighted by atomic mass is 31.2. The smallest absolute Gasteiger partial charge is 0.259 e. The second kappa shape index (κ2) is 10.5. The topological polar surface area (TPSA) is 26.1 Å². The maximum Gasteiger partial charge on any atom is 0.259 e. The summed E-state index contributed by atoms with van der Waals surface area (Å²) in [6.45, 7) is 18.6. The molecule has 0 aliphatic rings. The third-order valence-electron chi connectivity index (χ3n) is 2.17. The summed E-state index contributed by atoms with van der Waals surface area (Å²) in [4.78, 5) is 3.30. The van der Waals surface area contributed by atoms with Gasteiger partial charge in [-0.1, -0.05) is 12.2 Å². The van der Waals surface area contributed by atoms with Crippen molar-refractivity contribution in [3.63, 3.8) is 0 Å². The van der Waals surface area contributed by atoms with Crippen LogP contribution in [0.25, 0.3) is 4.85 Å². The Hall–Kier alpha value is -0.460. The van der Waals surface area contributed by atoms with E-state index in [4.69, 9.17) is 15.6 Å². The molecule has 0 aliphatic carbocycles. The fraction of sp³-hybridized carbons (Fsp3) is 0.769. The second-order valence-corrected chi connectivity index (χ2v) is 5.84. The number of nitrogens with zero attached hydrogens (tertiary/aromatic N) is 2. The number of rotatable bonds is 9. The van der Waals surface area contributed by atoms with Crippen molar-refractivity contribution in [1.82, 2.24) is 4.67 Å². The summed E-state index contributed by atoms with van der Waals surface area (Å²) in [7, 11) is -1.09. The molecule has 1 unspecified atom stereocenters. The summed E-state index contributed by atoms with van der Waals surface area (Å²) in [6.07, 6.45) is 3.92. The minimum absolute atomic E-state index is 0.356. The molecule has 0 aromatic rings. The van der Waals surface area contributed by atoms with Gasteiger partial charge in [0.05, 0.1) is 6.61 Å². The maximum absolute atomic E-state index is 6.78. The lowest BCUT2D eigenvalue weighted by atomic mass is 10.3. The highest BCUT2D eigenvalue weighted by molar-refractivity contribution is 7.44. The van der Waals surface area contributed by atoms with Crippen LogP contribution in [0.15, 0.2) is 12.2 Å². The molecule has 0 saturated carbocycles. The van der Waals surface area contributed by atoms with Gasteiger partial charge >= 0.3 is 0 Å². The van der Waals surface area contributed by atoms with Crippen molar-refractivity contribution in [3.8, 4) is 0 Å². The van der Waals surface area contributed by atoms with Gasteiger partial charge in [-0.15, -0.1) is 0 Å². The molecule has 0 aliphatic heterocycles. The molecule has 0 amide bonds. The van der Waals surface area contributed by atoms with Crippen molar-refractivity contribution in [3.05, 3.63) is 23.6 Å². The van der Waals surface area contributed by atoms with E-state index in [1.165, 1.54) is 0 Å². The Balaban J connectivity index is 4.53. The fourth-order valence-corrected chi connectivity index (χ4v) is 3.06. The van der Waals surface area contributed by atoms with Gasteiger partial charge in [0.2, 0.25) is 6.54 Å². The quantitative estimate of drug-likeness (QED) is 0.276. The lowest BCUT2D eigenvalue weighted by molar-refractivity contribution is 0.189. The third kappa shape index (κ3) is 7.08. The van der Waals surface area contributed by atoms with Crippen LogP contribution in [0.5, 0.6) is 0 Å². The number of hydrogen-bond donors (Lipinski definition) is 0. The molecule has 0 spiro atoms. The molecule has 0 radical (unpaired) electrons. The zero-order valence-corrected chi connectivity index (χ0v) is 13.0. The first kappa shape index (κ1) is 17.5. The van der Waals surface area contributed by atoms with Gasteiger partial charge < -0.3 is 13.9 Å². The van der Waals surface area contributed by atoms with Crippen molar-refractivity contribution >= 4 is 8.53 Å². The number of allylic oxidation sites excluding steroid dienone is 1. The predicted molar refractivity (Wildman–Crippen MR) is 77.2 cm³/mol. The van der Waals surface area contributed by atoms with Crippen molar-refractivity contribution in [2.75, 3.05) is 19.8 Å². The van der Waals surface area contributed by atoms with E-state index in [1.54, 1.807) is 0 Å². The van der Waals surface area contributed by atoms with E-state index >= 15 is 0 Å². The Morgan fingerprint density at radius 3 is 2.28 bits per heavy atom. The van der Waals surface area contributed by atoms with E-state index in [0.29, 0.717) is 31.8 Å². The first-order chi connectivity index (χ1) is 8.54. The summed E-state index contributed by atoms with van der Waals surface area (Å²) < 4.78 is 13.8. The minimum atomic E-state index is -1.09. The molecule has 0 heterocycles.